The summed E-state index contributed by atoms with van der Waals surface area (Å²) < 4.78 is 47.3. The highest BCUT2D eigenvalue weighted by Crippen LogP contribution is 2.34. The lowest BCUT2D eigenvalue weighted by atomic mass is 10.1. The molecule has 8 heteroatoms. The Hall–Kier alpha value is -3.81. The number of rotatable bonds is 5. The van der Waals surface area contributed by atoms with Crippen molar-refractivity contribution in [3.8, 4) is 22.6 Å². The van der Waals surface area contributed by atoms with Crippen LogP contribution < -0.4 is 14.8 Å². The van der Waals surface area contributed by atoms with Gasteiger partial charge in [-0.2, -0.15) is 0 Å². The third kappa shape index (κ3) is 4.43. The molecule has 2 heterocycles. The second-order valence-corrected chi connectivity index (χ2v) is 6.40. The summed E-state index contributed by atoms with van der Waals surface area (Å²) in [6, 6.07) is 15.1. The minimum absolute atomic E-state index is 0.311. The smallest absolute Gasteiger partial charge is 0.497 e. The SMILES string of the molecule is COc1cc(Nc2ccnc3ccc(OC(F)(F)F)cc23)cc(-c2ccncc2)c1. The number of ether oxygens (including phenoxy) is 2. The fourth-order valence-corrected chi connectivity index (χ4v) is 3.09. The minimum Gasteiger partial charge on any atom is -0.497 e. The molecule has 2 aromatic heterocycles. The first-order chi connectivity index (χ1) is 14.4. The van der Waals surface area contributed by atoms with Crippen molar-refractivity contribution in [1.29, 1.82) is 0 Å². The topological polar surface area (TPSA) is 56.3 Å². The summed E-state index contributed by atoms with van der Waals surface area (Å²) in [5.41, 5.74) is 3.68. The number of nitrogens with one attached hydrogen (secondary N) is 1. The van der Waals surface area contributed by atoms with Crippen LogP contribution in [0.2, 0.25) is 0 Å². The van der Waals surface area contributed by atoms with Gasteiger partial charge in [-0.3, -0.25) is 9.97 Å². The number of nitrogens with zero attached hydrogens (tertiary/aromatic N) is 2. The first kappa shape index (κ1) is 19.5. The second-order valence-electron chi connectivity index (χ2n) is 6.40. The number of alkyl halides is 3. The largest absolute Gasteiger partial charge is 0.573 e. The average Bonchev–Trinajstić information content (AvgIpc) is 2.73. The molecular formula is C22H16F3N3O2. The fourth-order valence-electron chi connectivity index (χ4n) is 3.09. The van der Waals surface area contributed by atoms with Crippen LogP contribution >= 0.6 is 0 Å². The van der Waals surface area contributed by atoms with Crippen molar-refractivity contribution in [2.45, 2.75) is 6.36 Å². The van der Waals surface area contributed by atoms with Gasteiger partial charge in [-0.15, -0.1) is 13.2 Å². The molecule has 1 N–H and O–H groups in total. The van der Waals surface area contributed by atoms with Crippen molar-refractivity contribution in [2.75, 3.05) is 12.4 Å². The van der Waals surface area contributed by atoms with E-state index in [0.29, 0.717) is 28.0 Å². The van der Waals surface area contributed by atoms with Crippen molar-refractivity contribution >= 4 is 22.3 Å². The Morgan fingerprint density at radius 3 is 2.37 bits per heavy atom. The van der Waals surface area contributed by atoms with Gasteiger partial charge in [0.25, 0.3) is 0 Å². The highest BCUT2D eigenvalue weighted by Gasteiger charge is 2.31. The highest BCUT2D eigenvalue weighted by atomic mass is 19.4. The van der Waals surface area contributed by atoms with Gasteiger partial charge in [0.15, 0.2) is 0 Å². The van der Waals surface area contributed by atoms with Crippen LogP contribution in [0.3, 0.4) is 0 Å². The van der Waals surface area contributed by atoms with Crippen LogP contribution in [0, 0.1) is 0 Å². The van der Waals surface area contributed by atoms with Crippen LogP contribution in [0.1, 0.15) is 0 Å². The zero-order valence-electron chi connectivity index (χ0n) is 15.8. The number of fused-ring (bicyclic) bond motifs is 1. The van der Waals surface area contributed by atoms with E-state index in [1.54, 1.807) is 37.8 Å². The number of hydrogen-bond acceptors (Lipinski definition) is 5. The van der Waals surface area contributed by atoms with Crippen molar-refractivity contribution < 1.29 is 22.6 Å². The van der Waals surface area contributed by atoms with Gasteiger partial charge in [0, 0.05) is 41.4 Å². The summed E-state index contributed by atoms with van der Waals surface area (Å²) in [6.45, 7) is 0. The van der Waals surface area contributed by atoms with E-state index < -0.39 is 6.36 Å². The summed E-state index contributed by atoms with van der Waals surface area (Å²) in [5, 5.41) is 3.74. The summed E-state index contributed by atoms with van der Waals surface area (Å²) in [5.74, 6) is 0.320. The number of halogens is 3. The van der Waals surface area contributed by atoms with Gasteiger partial charge in [0.05, 0.1) is 12.6 Å². The molecule has 152 valence electrons. The van der Waals surface area contributed by atoms with Gasteiger partial charge in [-0.05, 0) is 59.7 Å². The van der Waals surface area contributed by atoms with E-state index in [2.05, 4.69) is 20.0 Å². The van der Waals surface area contributed by atoms with Gasteiger partial charge >= 0.3 is 6.36 Å². The third-order valence-corrected chi connectivity index (χ3v) is 4.38. The van der Waals surface area contributed by atoms with E-state index in [9.17, 15) is 13.2 Å². The molecule has 5 nitrogen and oxygen atoms in total. The molecule has 30 heavy (non-hydrogen) atoms. The quantitative estimate of drug-likeness (QED) is 0.440. The van der Waals surface area contributed by atoms with E-state index in [-0.39, 0.29) is 5.75 Å². The first-order valence-corrected chi connectivity index (χ1v) is 8.92. The average molecular weight is 411 g/mol. The molecule has 0 aliphatic rings. The molecular weight excluding hydrogens is 395 g/mol. The van der Waals surface area contributed by atoms with E-state index in [1.807, 2.05) is 24.3 Å². The van der Waals surface area contributed by atoms with Crippen molar-refractivity contribution in [2.24, 2.45) is 0 Å². The number of benzene rings is 2. The molecule has 0 amide bonds. The van der Waals surface area contributed by atoms with Crippen LogP contribution in [0.15, 0.2) is 73.2 Å². The lowest BCUT2D eigenvalue weighted by molar-refractivity contribution is -0.274. The second kappa shape index (κ2) is 7.90. The standard InChI is InChI=1S/C22H16F3N3O2/c1-29-18-11-15(14-4-7-26-8-5-14)10-16(12-18)28-21-6-9-27-20-3-2-17(13-19(20)21)30-22(23,24)25/h2-13H,1H3,(H,27,28). The van der Waals surface area contributed by atoms with E-state index >= 15 is 0 Å². The number of pyridine rings is 2. The molecule has 2 aromatic carbocycles. The molecule has 0 unspecified atom stereocenters. The Bertz CT molecular complexity index is 1180. The maximum Gasteiger partial charge on any atom is 0.573 e. The maximum absolute atomic E-state index is 12.6. The van der Waals surface area contributed by atoms with Crippen LogP contribution in [0.25, 0.3) is 22.0 Å². The minimum atomic E-state index is -4.77. The Morgan fingerprint density at radius 1 is 0.833 bits per heavy atom. The maximum atomic E-state index is 12.6. The van der Waals surface area contributed by atoms with Crippen molar-refractivity contribution in [3.63, 3.8) is 0 Å². The van der Waals surface area contributed by atoms with Crippen LogP contribution in [-0.2, 0) is 0 Å². The van der Waals surface area contributed by atoms with Crippen LogP contribution in [0.5, 0.6) is 11.5 Å². The predicted octanol–water partition coefficient (Wildman–Crippen LogP) is 5.95. The Kier molecular flexibility index (Phi) is 5.14. The summed E-state index contributed by atoms with van der Waals surface area (Å²) >= 11 is 0. The molecule has 0 saturated heterocycles. The molecule has 0 spiro atoms. The van der Waals surface area contributed by atoms with Crippen LogP contribution in [-0.4, -0.2) is 23.4 Å². The van der Waals surface area contributed by atoms with Gasteiger partial charge in [-0.1, -0.05) is 0 Å². The van der Waals surface area contributed by atoms with Crippen molar-refractivity contribution in [3.05, 3.63) is 73.2 Å². The molecule has 0 radical (unpaired) electrons. The van der Waals surface area contributed by atoms with E-state index in [1.165, 1.54) is 18.2 Å². The first-order valence-electron chi connectivity index (χ1n) is 8.92. The molecule has 0 fully saturated rings. The highest BCUT2D eigenvalue weighted by molar-refractivity contribution is 5.94. The molecule has 0 aliphatic heterocycles. The monoisotopic (exact) mass is 411 g/mol. The van der Waals surface area contributed by atoms with E-state index in [0.717, 1.165) is 11.1 Å². The van der Waals surface area contributed by atoms with Gasteiger partial charge in [0.2, 0.25) is 0 Å². The number of hydrogen-bond donors (Lipinski definition) is 1. The van der Waals surface area contributed by atoms with Gasteiger partial charge < -0.3 is 14.8 Å². The van der Waals surface area contributed by atoms with E-state index in [4.69, 9.17) is 4.74 Å². The zero-order valence-corrected chi connectivity index (χ0v) is 15.8. The van der Waals surface area contributed by atoms with Gasteiger partial charge in [-0.25, -0.2) is 0 Å². The summed E-state index contributed by atoms with van der Waals surface area (Å²) in [7, 11) is 1.57. The molecule has 0 saturated carbocycles. The Labute approximate surface area is 170 Å². The zero-order chi connectivity index (χ0) is 21.1. The lowest BCUT2D eigenvalue weighted by Gasteiger charge is -2.14. The third-order valence-electron chi connectivity index (χ3n) is 4.38. The molecule has 4 rings (SSSR count). The molecule has 0 bridgehead atoms. The molecule has 4 aromatic rings. The number of aromatic nitrogens is 2. The molecule has 0 aliphatic carbocycles. The van der Waals surface area contributed by atoms with Crippen LogP contribution in [0.4, 0.5) is 24.5 Å². The van der Waals surface area contributed by atoms with Gasteiger partial charge in [0.1, 0.15) is 11.5 Å². The normalized spacial score (nSPS) is 11.3. The number of anilines is 2. The fraction of sp³-hybridized carbons (Fsp3) is 0.0909. The predicted molar refractivity (Wildman–Crippen MR) is 108 cm³/mol. The lowest BCUT2D eigenvalue weighted by Crippen LogP contribution is -2.17. The molecule has 0 atom stereocenters. The Balaban J connectivity index is 1.74. The number of methoxy groups -OCH3 is 1. The van der Waals surface area contributed by atoms with Crippen molar-refractivity contribution in [1.82, 2.24) is 9.97 Å². The summed E-state index contributed by atoms with van der Waals surface area (Å²) in [4.78, 5) is 8.24. The summed E-state index contributed by atoms with van der Waals surface area (Å²) in [6.07, 6.45) is 0.204. The Morgan fingerprint density at radius 2 is 1.63 bits per heavy atom.